The van der Waals surface area contributed by atoms with Gasteiger partial charge in [-0.2, -0.15) is 0 Å². The first-order valence-corrected chi connectivity index (χ1v) is 11.1. The molecule has 0 saturated carbocycles. The second-order valence-corrected chi connectivity index (χ2v) is 8.95. The quantitative estimate of drug-likeness (QED) is 0.520. The lowest BCUT2D eigenvalue weighted by molar-refractivity contribution is -0.119. The van der Waals surface area contributed by atoms with E-state index in [4.69, 9.17) is 9.26 Å². The molecule has 0 aliphatic heterocycles. The maximum absolute atomic E-state index is 13.1. The molecule has 9 nitrogen and oxygen atoms in total. The Balaban J connectivity index is 1.75. The summed E-state index contributed by atoms with van der Waals surface area (Å²) in [4.78, 5) is 24.7. The molecule has 3 aromatic rings. The van der Waals surface area contributed by atoms with Crippen LogP contribution in [0.4, 0.5) is 11.5 Å². The first-order chi connectivity index (χ1) is 15.1. The van der Waals surface area contributed by atoms with Gasteiger partial charge in [0, 0.05) is 6.07 Å². The molecule has 2 aromatic carbocycles. The third kappa shape index (κ3) is 5.33. The van der Waals surface area contributed by atoms with Gasteiger partial charge in [-0.05, 0) is 51.0 Å². The van der Waals surface area contributed by atoms with E-state index in [-0.39, 0.29) is 22.0 Å². The van der Waals surface area contributed by atoms with Crippen LogP contribution in [0.5, 0.6) is 0 Å². The van der Waals surface area contributed by atoms with Crippen LogP contribution in [-0.4, -0.2) is 32.1 Å². The Kier molecular flexibility index (Phi) is 6.64. The van der Waals surface area contributed by atoms with Crippen molar-refractivity contribution in [2.45, 2.75) is 32.6 Å². The van der Waals surface area contributed by atoms with E-state index in [1.54, 1.807) is 45.0 Å². The number of carbonyl (C=O) groups excluding carboxylic acids is 2. The van der Waals surface area contributed by atoms with E-state index in [9.17, 15) is 18.0 Å². The highest BCUT2D eigenvalue weighted by atomic mass is 32.2. The summed E-state index contributed by atoms with van der Waals surface area (Å²) in [5, 5.41) is 6.05. The maximum atomic E-state index is 13.1. The van der Waals surface area contributed by atoms with Crippen LogP contribution in [0.2, 0.25) is 0 Å². The van der Waals surface area contributed by atoms with Crippen LogP contribution in [0.1, 0.15) is 32.8 Å². The number of carbonyl (C=O) groups is 2. The number of aryl methyl sites for hydroxylation is 4. The first-order valence-electron chi connectivity index (χ1n) is 9.67. The maximum Gasteiger partial charge on any atom is 0.340 e. The summed E-state index contributed by atoms with van der Waals surface area (Å²) >= 11 is 0. The molecule has 0 aliphatic carbocycles. The molecule has 0 saturated heterocycles. The van der Waals surface area contributed by atoms with E-state index >= 15 is 0 Å². The molecule has 0 atom stereocenters. The van der Waals surface area contributed by atoms with E-state index in [1.807, 2.05) is 6.92 Å². The fourth-order valence-electron chi connectivity index (χ4n) is 3.35. The van der Waals surface area contributed by atoms with Crippen molar-refractivity contribution in [3.05, 3.63) is 70.5 Å². The number of hydrogen-bond donors (Lipinski definition) is 2. The molecular formula is C22H23N3O6S. The molecule has 0 spiro atoms. The summed E-state index contributed by atoms with van der Waals surface area (Å²) in [6, 6.07) is 11.1. The van der Waals surface area contributed by atoms with Crippen molar-refractivity contribution < 1.29 is 27.3 Å². The van der Waals surface area contributed by atoms with Gasteiger partial charge in [0.2, 0.25) is 0 Å². The predicted molar refractivity (Wildman–Crippen MR) is 118 cm³/mol. The Morgan fingerprint density at radius 2 is 1.69 bits per heavy atom. The topological polar surface area (TPSA) is 128 Å². The summed E-state index contributed by atoms with van der Waals surface area (Å²) in [5.41, 5.74) is 2.15. The van der Waals surface area contributed by atoms with Crippen molar-refractivity contribution in [1.82, 2.24) is 5.16 Å². The Morgan fingerprint density at radius 3 is 2.31 bits per heavy atom. The Hall–Kier alpha value is -3.66. The van der Waals surface area contributed by atoms with Gasteiger partial charge < -0.3 is 14.6 Å². The molecule has 0 bridgehead atoms. The zero-order valence-electron chi connectivity index (χ0n) is 18.1. The van der Waals surface area contributed by atoms with Crippen molar-refractivity contribution in [2.24, 2.45) is 0 Å². The van der Waals surface area contributed by atoms with Gasteiger partial charge in [0.15, 0.2) is 12.4 Å². The molecule has 168 valence electrons. The molecular weight excluding hydrogens is 434 g/mol. The summed E-state index contributed by atoms with van der Waals surface area (Å²) in [6.45, 7) is 6.39. The average molecular weight is 458 g/mol. The number of rotatable bonds is 7. The number of hydrogen-bond acceptors (Lipinski definition) is 7. The molecule has 32 heavy (non-hydrogen) atoms. The van der Waals surface area contributed by atoms with Crippen LogP contribution in [0.25, 0.3) is 0 Å². The predicted octanol–water partition coefficient (Wildman–Crippen LogP) is 3.50. The molecule has 2 N–H and O–H groups in total. The van der Waals surface area contributed by atoms with Gasteiger partial charge in [-0.15, -0.1) is 0 Å². The van der Waals surface area contributed by atoms with Crippen LogP contribution < -0.4 is 10.0 Å². The van der Waals surface area contributed by atoms with Gasteiger partial charge in [-0.3, -0.25) is 9.52 Å². The van der Waals surface area contributed by atoms with Gasteiger partial charge in [-0.1, -0.05) is 35.0 Å². The second kappa shape index (κ2) is 9.23. The lowest BCUT2D eigenvalue weighted by Gasteiger charge is -2.15. The fraction of sp³-hybridized carbons (Fsp3) is 0.227. The standard InChI is InChI=1S/C22H23N3O6S/c1-13-9-14(2)21(15(3)10-13)32(28,29)25-18-8-6-5-7-17(18)22(27)30-12-20(26)23-19-11-16(4)31-24-19/h5-11,25H,12H2,1-4H3,(H,23,24,26). The number of nitrogens with one attached hydrogen (secondary N) is 2. The van der Waals surface area contributed by atoms with Crippen LogP contribution in [0.15, 0.2) is 51.9 Å². The molecule has 0 radical (unpaired) electrons. The Bertz CT molecular complexity index is 1260. The zero-order valence-corrected chi connectivity index (χ0v) is 18.9. The van der Waals surface area contributed by atoms with E-state index in [1.165, 1.54) is 18.2 Å². The monoisotopic (exact) mass is 457 g/mol. The molecule has 1 heterocycles. The minimum atomic E-state index is -3.97. The number of amides is 1. The number of sulfonamides is 1. The average Bonchev–Trinajstić information content (AvgIpc) is 3.09. The van der Waals surface area contributed by atoms with E-state index < -0.39 is 28.5 Å². The van der Waals surface area contributed by atoms with Crippen molar-refractivity contribution in [1.29, 1.82) is 0 Å². The largest absolute Gasteiger partial charge is 0.452 e. The van der Waals surface area contributed by atoms with Crippen LogP contribution in [0.3, 0.4) is 0 Å². The molecule has 0 aliphatic rings. The van der Waals surface area contributed by atoms with Gasteiger partial charge in [0.1, 0.15) is 5.76 Å². The fourth-order valence-corrected chi connectivity index (χ4v) is 4.88. The number of esters is 1. The lowest BCUT2D eigenvalue weighted by atomic mass is 10.1. The minimum absolute atomic E-state index is 0.0245. The number of para-hydroxylation sites is 1. The Morgan fingerprint density at radius 1 is 1.03 bits per heavy atom. The highest BCUT2D eigenvalue weighted by Crippen LogP contribution is 2.26. The van der Waals surface area contributed by atoms with Crippen LogP contribution in [0, 0.1) is 27.7 Å². The second-order valence-electron chi connectivity index (χ2n) is 7.33. The number of ether oxygens (including phenoxy) is 1. The smallest absolute Gasteiger partial charge is 0.340 e. The van der Waals surface area contributed by atoms with E-state index in [0.717, 1.165) is 5.56 Å². The van der Waals surface area contributed by atoms with E-state index in [2.05, 4.69) is 15.2 Å². The van der Waals surface area contributed by atoms with Crippen molar-refractivity contribution in [3.63, 3.8) is 0 Å². The Labute approximate surface area is 185 Å². The van der Waals surface area contributed by atoms with Crippen molar-refractivity contribution in [2.75, 3.05) is 16.6 Å². The molecule has 0 fully saturated rings. The van der Waals surface area contributed by atoms with Gasteiger partial charge in [0.25, 0.3) is 15.9 Å². The highest BCUT2D eigenvalue weighted by Gasteiger charge is 2.23. The third-order valence-corrected chi connectivity index (χ3v) is 6.16. The third-order valence-electron chi connectivity index (χ3n) is 4.49. The molecule has 1 amide bonds. The summed E-state index contributed by atoms with van der Waals surface area (Å²) in [5.74, 6) is -0.763. The first kappa shape index (κ1) is 23.0. The molecule has 0 unspecified atom stereocenters. The minimum Gasteiger partial charge on any atom is -0.452 e. The van der Waals surface area contributed by atoms with Gasteiger partial charge in [0.05, 0.1) is 16.1 Å². The SMILES string of the molecule is Cc1cc(C)c(S(=O)(=O)Nc2ccccc2C(=O)OCC(=O)Nc2cc(C)on2)c(C)c1. The van der Waals surface area contributed by atoms with Crippen LogP contribution in [-0.2, 0) is 19.6 Å². The summed E-state index contributed by atoms with van der Waals surface area (Å²) in [7, 11) is -3.97. The van der Waals surface area contributed by atoms with E-state index in [0.29, 0.717) is 16.9 Å². The van der Waals surface area contributed by atoms with Gasteiger partial charge >= 0.3 is 5.97 Å². The lowest BCUT2D eigenvalue weighted by Crippen LogP contribution is -2.22. The van der Waals surface area contributed by atoms with Gasteiger partial charge in [-0.25, -0.2) is 13.2 Å². The normalized spacial score (nSPS) is 11.1. The van der Waals surface area contributed by atoms with Crippen molar-refractivity contribution >= 4 is 33.4 Å². The summed E-state index contributed by atoms with van der Waals surface area (Å²) in [6.07, 6.45) is 0. The molecule has 3 rings (SSSR count). The number of benzene rings is 2. The van der Waals surface area contributed by atoms with Crippen LogP contribution >= 0.6 is 0 Å². The highest BCUT2D eigenvalue weighted by molar-refractivity contribution is 7.92. The zero-order chi connectivity index (χ0) is 23.5. The molecule has 1 aromatic heterocycles. The number of anilines is 2. The number of aromatic nitrogens is 1. The number of nitrogens with zero attached hydrogens (tertiary/aromatic N) is 1. The van der Waals surface area contributed by atoms with Crippen molar-refractivity contribution in [3.8, 4) is 0 Å². The molecule has 10 heteroatoms. The summed E-state index contributed by atoms with van der Waals surface area (Å²) < 4.78 is 38.5.